The molecular weight excluding hydrogens is 953 g/mol. The lowest BCUT2D eigenvalue weighted by Crippen LogP contribution is -1.98. The van der Waals surface area contributed by atoms with Crippen LogP contribution in [-0.4, -0.2) is 18.7 Å². The van der Waals surface area contributed by atoms with Crippen LogP contribution in [-0.2, 0) is 12.8 Å². The number of hydrogen-bond donors (Lipinski definition) is 0. The first kappa shape index (κ1) is 45.2. The Balaban J connectivity index is 1.18. The summed E-state index contributed by atoms with van der Waals surface area (Å²) in [6.45, 7) is 4.59. The van der Waals surface area contributed by atoms with E-state index in [9.17, 15) is 0 Å². The fourth-order valence-corrected chi connectivity index (χ4v) is 13.6. The Hall–Kier alpha value is -1.86. The molecule has 0 aliphatic rings. The largest absolute Gasteiger partial charge is 0.242 e. The maximum atomic E-state index is 5.71. The van der Waals surface area contributed by atoms with Gasteiger partial charge in [0.2, 0.25) is 0 Å². The van der Waals surface area contributed by atoms with Crippen molar-refractivity contribution >= 4 is 111 Å². The summed E-state index contributed by atoms with van der Waals surface area (Å²) in [5.74, 6) is 0. The van der Waals surface area contributed by atoms with E-state index < -0.39 is 0 Å². The first-order valence-electron chi connectivity index (χ1n) is 22.2. The maximum Gasteiger partial charge on any atom is 0.116 e. The number of aryl methyl sites for hydroxylation is 2. The van der Waals surface area contributed by atoms with Crippen LogP contribution < -0.4 is 0 Å². The van der Waals surface area contributed by atoms with Crippen molar-refractivity contribution < 1.29 is 0 Å². The quantitative estimate of drug-likeness (QED) is 0.0507. The van der Waals surface area contributed by atoms with Gasteiger partial charge in [-0.3, -0.25) is 0 Å². The van der Waals surface area contributed by atoms with Gasteiger partial charge in [0.25, 0.3) is 0 Å². The third-order valence-electron chi connectivity index (χ3n) is 11.3. The van der Waals surface area contributed by atoms with Gasteiger partial charge in [-0.25, -0.2) is 9.97 Å². The molecule has 0 saturated heterocycles. The molecule has 59 heavy (non-hydrogen) atoms. The van der Waals surface area contributed by atoms with Crippen LogP contribution in [0.4, 0.5) is 0 Å². The van der Waals surface area contributed by atoms with Crippen molar-refractivity contribution in [2.24, 2.45) is 0 Å². The van der Waals surface area contributed by atoms with E-state index in [-0.39, 0.29) is 0 Å². The van der Waals surface area contributed by atoms with E-state index in [0.717, 1.165) is 74.8 Å². The van der Waals surface area contributed by atoms with Gasteiger partial charge in [-0.15, -0.1) is 45.3 Å². The van der Waals surface area contributed by atoms with Crippen molar-refractivity contribution in [2.75, 3.05) is 0 Å². The number of benzene rings is 1. The van der Waals surface area contributed by atoms with Crippen LogP contribution in [0.25, 0.3) is 64.1 Å². The van der Waals surface area contributed by atoms with Crippen molar-refractivity contribution in [3.05, 3.63) is 65.9 Å². The molecule has 7 rings (SSSR count). The van der Waals surface area contributed by atoms with E-state index in [2.05, 4.69) is 94.2 Å². The molecule has 0 N–H and O–H groups in total. The summed E-state index contributed by atoms with van der Waals surface area (Å²) in [7, 11) is 0. The van der Waals surface area contributed by atoms with Crippen molar-refractivity contribution in [2.45, 2.75) is 155 Å². The van der Waals surface area contributed by atoms with E-state index >= 15 is 0 Å². The molecule has 0 aliphatic carbocycles. The fourth-order valence-electron chi connectivity index (χ4n) is 8.09. The molecule has 11 heteroatoms. The highest BCUT2D eigenvalue weighted by Crippen LogP contribution is 2.48. The minimum absolute atomic E-state index is 0.893. The van der Waals surface area contributed by atoms with Gasteiger partial charge in [0.1, 0.15) is 33.5 Å². The normalized spacial score (nSPS) is 11.9. The summed E-state index contributed by atoms with van der Waals surface area (Å²) >= 11 is 16.0. The van der Waals surface area contributed by atoms with E-state index in [4.69, 9.17) is 18.7 Å². The SMILES string of the molecule is CCCCCCCCCCCCc1ccc(-c2nc3c(-c4ccc(Br)s4)c4nsnc4c(-c4ccc(Br)s4)c3nc2-c2ccc(CCCCCCCCCCCC)s2)s1. The van der Waals surface area contributed by atoms with Crippen LogP contribution in [0.3, 0.4) is 0 Å². The lowest BCUT2D eigenvalue weighted by molar-refractivity contribution is 0.557. The van der Waals surface area contributed by atoms with Crippen LogP contribution in [0.5, 0.6) is 0 Å². The number of fused-ring (bicyclic) bond motifs is 2. The summed E-state index contributed by atoms with van der Waals surface area (Å²) in [6, 6.07) is 17.9. The Kier molecular flexibility index (Phi) is 18.0. The van der Waals surface area contributed by atoms with Crippen LogP contribution in [0.1, 0.15) is 152 Å². The van der Waals surface area contributed by atoms with Crippen LogP contribution in [0.2, 0.25) is 0 Å². The van der Waals surface area contributed by atoms with Crippen LogP contribution >= 0.6 is 88.9 Å². The molecule has 1 aromatic carbocycles. The Morgan fingerprint density at radius 2 is 0.746 bits per heavy atom. The standard InChI is InChI=1S/C48H58Br2N4S5/c1-3-5-7-9-11-13-15-17-19-21-23-33-25-27-37(55-33)43-44(38-28-26-34(56-38)24-22-20-18-16-14-12-10-8-6-4-2)52-46-42(36-30-32-40(50)58-36)48-47(53-59-54-48)41(45(46)51-43)35-29-31-39(49)57-35/h25-32H,3-24H2,1-2H3. The molecule has 6 heterocycles. The van der Waals surface area contributed by atoms with Gasteiger partial charge in [-0.05, 0) is 106 Å². The zero-order valence-electron chi connectivity index (χ0n) is 34.8. The molecule has 7 aromatic rings. The third-order valence-corrected chi connectivity index (χ3v) is 17.4. The van der Waals surface area contributed by atoms with Gasteiger partial charge in [0.15, 0.2) is 0 Å². The molecule has 0 saturated carbocycles. The highest BCUT2D eigenvalue weighted by atomic mass is 79.9. The molecule has 314 valence electrons. The van der Waals surface area contributed by atoms with E-state index in [1.807, 2.05) is 22.7 Å². The second-order valence-electron chi connectivity index (χ2n) is 15.9. The number of thiophene rings is 4. The second kappa shape index (κ2) is 23.5. The summed E-state index contributed by atoms with van der Waals surface area (Å²) in [5.41, 5.74) is 7.57. The summed E-state index contributed by atoms with van der Waals surface area (Å²) < 4.78 is 12.0. The first-order valence-corrected chi connectivity index (χ1v) is 27.8. The van der Waals surface area contributed by atoms with Gasteiger partial charge in [-0.1, -0.05) is 129 Å². The molecule has 0 bridgehead atoms. The summed E-state index contributed by atoms with van der Waals surface area (Å²) in [4.78, 5) is 18.9. The van der Waals surface area contributed by atoms with Crippen LogP contribution in [0, 0.1) is 0 Å². The number of hydrogen-bond acceptors (Lipinski definition) is 9. The predicted molar refractivity (Wildman–Crippen MR) is 270 cm³/mol. The molecule has 0 spiro atoms. The molecule has 0 amide bonds. The average molecular weight is 1010 g/mol. The zero-order chi connectivity index (χ0) is 40.8. The monoisotopic (exact) mass is 1010 g/mol. The minimum atomic E-state index is 0.893. The predicted octanol–water partition coefficient (Wildman–Crippen LogP) is 19.0. The molecule has 0 fully saturated rings. The Morgan fingerprint density at radius 3 is 1.10 bits per heavy atom. The molecular formula is C48H58Br2N4S5. The lowest BCUT2D eigenvalue weighted by atomic mass is 10.0. The number of unbranched alkanes of at least 4 members (excludes halogenated alkanes) is 18. The molecule has 0 aliphatic heterocycles. The van der Waals surface area contributed by atoms with E-state index in [0.29, 0.717) is 0 Å². The fraction of sp³-hybridized carbons (Fsp3) is 0.500. The number of aromatic nitrogens is 4. The van der Waals surface area contributed by atoms with E-state index in [1.54, 1.807) is 22.7 Å². The Labute approximate surface area is 389 Å². The zero-order valence-corrected chi connectivity index (χ0v) is 42.0. The molecule has 0 unspecified atom stereocenters. The topological polar surface area (TPSA) is 51.6 Å². The smallest absolute Gasteiger partial charge is 0.116 e. The lowest BCUT2D eigenvalue weighted by Gasteiger charge is -2.14. The third kappa shape index (κ3) is 12.2. The average Bonchev–Trinajstić information content (AvgIpc) is 4.10. The van der Waals surface area contributed by atoms with Crippen molar-refractivity contribution in [3.63, 3.8) is 0 Å². The minimum Gasteiger partial charge on any atom is -0.242 e. The number of halogens is 2. The van der Waals surface area contributed by atoms with Crippen molar-refractivity contribution in [3.8, 4) is 42.0 Å². The Bertz CT molecular complexity index is 2190. The molecule has 6 aromatic heterocycles. The number of nitrogens with zero attached hydrogens (tertiary/aromatic N) is 4. The number of rotatable bonds is 26. The molecule has 0 radical (unpaired) electrons. The van der Waals surface area contributed by atoms with Crippen molar-refractivity contribution in [1.29, 1.82) is 0 Å². The van der Waals surface area contributed by atoms with Gasteiger partial charge in [-0.2, -0.15) is 8.75 Å². The molecule has 0 atom stereocenters. The van der Waals surface area contributed by atoms with Gasteiger partial charge >= 0.3 is 0 Å². The van der Waals surface area contributed by atoms with E-state index in [1.165, 1.54) is 160 Å². The van der Waals surface area contributed by atoms with Gasteiger partial charge in [0.05, 0.1) is 29.1 Å². The highest BCUT2D eigenvalue weighted by molar-refractivity contribution is 9.11. The summed E-state index contributed by atoms with van der Waals surface area (Å²) in [5, 5.41) is 0. The first-order chi connectivity index (χ1) is 29.0. The van der Waals surface area contributed by atoms with Crippen LogP contribution in [0.15, 0.2) is 56.1 Å². The maximum absolute atomic E-state index is 5.71. The second-order valence-corrected chi connectivity index (χ2v) is 23.7. The van der Waals surface area contributed by atoms with Gasteiger partial charge < -0.3 is 0 Å². The Morgan fingerprint density at radius 1 is 0.390 bits per heavy atom. The highest BCUT2D eigenvalue weighted by Gasteiger charge is 2.27. The molecule has 4 nitrogen and oxygen atoms in total. The summed E-state index contributed by atoms with van der Waals surface area (Å²) in [6.07, 6.45) is 29.4. The van der Waals surface area contributed by atoms with Crippen molar-refractivity contribution in [1.82, 2.24) is 18.7 Å². The van der Waals surface area contributed by atoms with Gasteiger partial charge in [0, 0.05) is 30.6 Å².